The number of rotatable bonds is 5. The van der Waals surface area contributed by atoms with E-state index in [4.69, 9.17) is 10.8 Å². The number of aliphatic hydroxyl groups excluding tert-OH is 1. The van der Waals surface area contributed by atoms with E-state index in [1.807, 2.05) is 6.92 Å². The molecule has 0 heterocycles. The molecule has 0 aliphatic heterocycles. The van der Waals surface area contributed by atoms with Crippen LogP contribution in [0.15, 0.2) is 0 Å². The van der Waals surface area contributed by atoms with Crippen molar-refractivity contribution in [2.75, 3.05) is 20.2 Å². The van der Waals surface area contributed by atoms with Crippen molar-refractivity contribution in [3.8, 4) is 0 Å². The Hall–Kier alpha value is -0.610. The van der Waals surface area contributed by atoms with Gasteiger partial charge in [0.2, 0.25) is 5.91 Å². The van der Waals surface area contributed by atoms with Crippen LogP contribution in [-0.4, -0.2) is 42.2 Å². The minimum Gasteiger partial charge on any atom is -0.394 e. The highest BCUT2D eigenvalue weighted by molar-refractivity contribution is 5.79. The zero-order valence-corrected chi connectivity index (χ0v) is 11.1. The highest BCUT2D eigenvalue weighted by atomic mass is 16.3. The van der Waals surface area contributed by atoms with E-state index in [0.29, 0.717) is 12.5 Å². The summed E-state index contributed by atoms with van der Waals surface area (Å²) in [5, 5.41) is 9.08. The van der Waals surface area contributed by atoms with Gasteiger partial charge in [-0.15, -0.1) is 0 Å². The molecule has 0 spiro atoms. The summed E-state index contributed by atoms with van der Waals surface area (Å²) < 4.78 is 0. The molecular formula is C13H26N2O2. The third-order valence-corrected chi connectivity index (χ3v) is 3.98. The van der Waals surface area contributed by atoms with Gasteiger partial charge in [0.25, 0.3) is 0 Å². The molecule has 0 aromatic rings. The Bertz CT molecular complexity index is 244. The average Bonchev–Trinajstić information content (AvgIpc) is 2.36. The first kappa shape index (κ1) is 14.5. The Morgan fingerprint density at radius 3 is 2.82 bits per heavy atom. The Labute approximate surface area is 104 Å². The third kappa shape index (κ3) is 3.96. The molecule has 0 bridgehead atoms. The van der Waals surface area contributed by atoms with Crippen LogP contribution in [0.4, 0.5) is 0 Å². The molecule has 1 fully saturated rings. The normalized spacial score (nSPS) is 26.6. The predicted octanol–water partition coefficient (Wildman–Crippen LogP) is 0.981. The lowest BCUT2D eigenvalue weighted by atomic mass is 9.79. The molecule has 4 heteroatoms. The summed E-state index contributed by atoms with van der Waals surface area (Å²) in [7, 11) is 1.79. The van der Waals surface area contributed by atoms with Gasteiger partial charge in [-0.05, 0) is 38.6 Å². The molecule has 1 saturated carbocycles. The zero-order valence-electron chi connectivity index (χ0n) is 11.1. The molecule has 0 aromatic heterocycles. The first-order chi connectivity index (χ1) is 8.10. The third-order valence-electron chi connectivity index (χ3n) is 3.98. The van der Waals surface area contributed by atoms with Crippen molar-refractivity contribution in [1.29, 1.82) is 0 Å². The van der Waals surface area contributed by atoms with Gasteiger partial charge in [-0.1, -0.05) is 12.8 Å². The van der Waals surface area contributed by atoms with E-state index in [1.165, 1.54) is 6.42 Å². The summed E-state index contributed by atoms with van der Waals surface area (Å²) in [5.41, 5.74) is 5.58. The number of amides is 1. The van der Waals surface area contributed by atoms with Gasteiger partial charge in [-0.3, -0.25) is 4.79 Å². The molecule has 3 atom stereocenters. The smallest absolute Gasteiger partial charge is 0.225 e. The molecule has 0 aromatic carbocycles. The second-order valence-corrected chi connectivity index (χ2v) is 5.29. The first-order valence-electron chi connectivity index (χ1n) is 6.67. The number of hydrogen-bond donors (Lipinski definition) is 2. The number of carbonyl (C=O) groups excluding carboxylic acids is 1. The van der Waals surface area contributed by atoms with E-state index in [9.17, 15) is 4.79 Å². The van der Waals surface area contributed by atoms with Crippen LogP contribution in [0.3, 0.4) is 0 Å². The van der Waals surface area contributed by atoms with Gasteiger partial charge < -0.3 is 15.7 Å². The van der Waals surface area contributed by atoms with Crippen LogP contribution in [0.25, 0.3) is 0 Å². The van der Waals surface area contributed by atoms with Gasteiger partial charge in [0, 0.05) is 13.0 Å². The summed E-state index contributed by atoms with van der Waals surface area (Å²) in [6.45, 7) is 2.62. The van der Waals surface area contributed by atoms with Crippen molar-refractivity contribution in [3.63, 3.8) is 0 Å². The maximum atomic E-state index is 12.2. The van der Waals surface area contributed by atoms with Crippen molar-refractivity contribution in [2.45, 2.75) is 45.1 Å². The van der Waals surface area contributed by atoms with Crippen molar-refractivity contribution in [2.24, 2.45) is 17.6 Å². The number of hydrogen-bond acceptors (Lipinski definition) is 3. The standard InChI is InChI=1S/C13H26N2O2/c1-10(9-16)15(2)13(17)12-5-3-4-11(8-12)6-7-14/h10-12,16H,3-9,14H2,1-2H3. The number of nitrogens with zero attached hydrogens (tertiary/aromatic N) is 1. The minimum atomic E-state index is -0.0858. The van der Waals surface area contributed by atoms with E-state index in [2.05, 4.69) is 0 Å². The van der Waals surface area contributed by atoms with Crippen LogP contribution in [0.5, 0.6) is 0 Å². The minimum absolute atomic E-state index is 0.0290. The summed E-state index contributed by atoms with van der Waals surface area (Å²) in [5.74, 6) is 0.938. The van der Waals surface area contributed by atoms with Gasteiger partial charge in [0.05, 0.1) is 12.6 Å². The summed E-state index contributed by atoms with van der Waals surface area (Å²) >= 11 is 0. The molecule has 1 amide bonds. The quantitative estimate of drug-likeness (QED) is 0.755. The van der Waals surface area contributed by atoms with Crippen LogP contribution < -0.4 is 5.73 Å². The maximum absolute atomic E-state index is 12.2. The van der Waals surface area contributed by atoms with Crippen molar-refractivity contribution >= 4 is 5.91 Å². The van der Waals surface area contributed by atoms with E-state index in [0.717, 1.165) is 25.7 Å². The topological polar surface area (TPSA) is 66.6 Å². The second-order valence-electron chi connectivity index (χ2n) is 5.29. The zero-order chi connectivity index (χ0) is 12.8. The van der Waals surface area contributed by atoms with E-state index < -0.39 is 0 Å². The molecule has 1 aliphatic carbocycles. The lowest BCUT2D eigenvalue weighted by Gasteiger charge is -2.33. The number of aliphatic hydroxyl groups is 1. The fraction of sp³-hybridized carbons (Fsp3) is 0.923. The number of likely N-dealkylation sites (N-methyl/N-ethyl adjacent to an activating group) is 1. The van der Waals surface area contributed by atoms with Gasteiger partial charge in [-0.25, -0.2) is 0 Å². The SMILES string of the molecule is CC(CO)N(C)C(=O)C1CCCC(CCN)C1. The molecule has 3 N–H and O–H groups in total. The molecule has 1 rings (SSSR count). The highest BCUT2D eigenvalue weighted by Gasteiger charge is 2.29. The summed E-state index contributed by atoms with van der Waals surface area (Å²) in [4.78, 5) is 13.9. The van der Waals surface area contributed by atoms with E-state index in [1.54, 1.807) is 11.9 Å². The van der Waals surface area contributed by atoms with Crippen molar-refractivity contribution in [1.82, 2.24) is 4.90 Å². The lowest BCUT2D eigenvalue weighted by Crippen LogP contribution is -2.42. The largest absolute Gasteiger partial charge is 0.394 e. The highest BCUT2D eigenvalue weighted by Crippen LogP contribution is 2.32. The fourth-order valence-electron chi connectivity index (χ4n) is 2.64. The lowest BCUT2D eigenvalue weighted by molar-refractivity contribution is -0.138. The van der Waals surface area contributed by atoms with E-state index >= 15 is 0 Å². The van der Waals surface area contributed by atoms with Crippen LogP contribution in [0.2, 0.25) is 0 Å². The van der Waals surface area contributed by atoms with Crippen molar-refractivity contribution < 1.29 is 9.90 Å². The Kier molecular flexibility index (Phi) is 5.92. The Morgan fingerprint density at radius 2 is 2.24 bits per heavy atom. The van der Waals surface area contributed by atoms with Crippen LogP contribution in [-0.2, 0) is 4.79 Å². The van der Waals surface area contributed by atoms with Gasteiger partial charge in [0.1, 0.15) is 0 Å². The number of nitrogens with two attached hydrogens (primary N) is 1. The molecule has 4 nitrogen and oxygen atoms in total. The number of carbonyl (C=O) groups is 1. The molecule has 3 unspecified atom stereocenters. The van der Waals surface area contributed by atoms with Gasteiger partial charge in [-0.2, -0.15) is 0 Å². The maximum Gasteiger partial charge on any atom is 0.225 e. The Balaban J connectivity index is 2.51. The van der Waals surface area contributed by atoms with Gasteiger partial charge >= 0.3 is 0 Å². The van der Waals surface area contributed by atoms with Gasteiger partial charge in [0.15, 0.2) is 0 Å². The monoisotopic (exact) mass is 242 g/mol. The van der Waals surface area contributed by atoms with Crippen LogP contribution in [0.1, 0.15) is 39.0 Å². The van der Waals surface area contributed by atoms with Crippen LogP contribution >= 0.6 is 0 Å². The first-order valence-corrected chi connectivity index (χ1v) is 6.67. The Morgan fingerprint density at radius 1 is 1.53 bits per heavy atom. The van der Waals surface area contributed by atoms with E-state index in [-0.39, 0.29) is 24.5 Å². The van der Waals surface area contributed by atoms with Crippen LogP contribution in [0, 0.1) is 11.8 Å². The summed E-state index contributed by atoms with van der Waals surface area (Å²) in [6.07, 6.45) is 5.33. The van der Waals surface area contributed by atoms with Crippen molar-refractivity contribution in [3.05, 3.63) is 0 Å². The molecule has 100 valence electrons. The predicted molar refractivity (Wildman–Crippen MR) is 68.4 cm³/mol. The second kappa shape index (κ2) is 6.97. The molecule has 0 radical (unpaired) electrons. The average molecular weight is 242 g/mol. The molecule has 0 saturated heterocycles. The summed E-state index contributed by atoms with van der Waals surface area (Å²) in [6, 6.07) is -0.0858. The molecular weight excluding hydrogens is 216 g/mol. The molecule has 17 heavy (non-hydrogen) atoms. The fourth-order valence-corrected chi connectivity index (χ4v) is 2.64. The molecule has 1 aliphatic rings.